The van der Waals surface area contributed by atoms with Crippen molar-refractivity contribution in [1.82, 2.24) is 15.3 Å². The van der Waals surface area contributed by atoms with Crippen LogP contribution in [0.15, 0.2) is 42.7 Å². The van der Waals surface area contributed by atoms with E-state index in [1.807, 2.05) is 24.4 Å². The van der Waals surface area contributed by atoms with Crippen LogP contribution in [0.1, 0.15) is 24.6 Å². The standard InChI is InChI=1S/C14H16N4/c1-2-8-16-14(5-1)18-11-6-7-13(17-10-11)12-4-3-9-15-12/h1-2,5-8,10,12,15H,3-4,9H2,(H,16,18). The van der Waals surface area contributed by atoms with E-state index in [2.05, 4.69) is 32.7 Å². The van der Waals surface area contributed by atoms with Crippen molar-refractivity contribution in [3.8, 4) is 0 Å². The summed E-state index contributed by atoms with van der Waals surface area (Å²) in [7, 11) is 0. The van der Waals surface area contributed by atoms with Gasteiger partial charge in [0.15, 0.2) is 0 Å². The Morgan fingerprint density at radius 3 is 2.83 bits per heavy atom. The summed E-state index contributed by atoms with van der Waals surface area (Å²) in [5, 5.41) is 6.67. The largest absolute Gasteiger partial charge is 0.339 e. The molecular formula is C14H16N4. The summed E-state index contributed by atoms with van der Waals surface area (Å²) in [6, 6.07) is 10.4. The summed E-state index contributed by atoms with van der Waals surface area (Å²) in [6.07, 6.45) is 6.05. The van der Waals surface area contributed by atoms with Crippen molar-refractivity contribution in [3.05, 3.63) is 48.4 Å². The molecule has 3 rings (SSSR count). The van der Waals surface area contributed by atoms with Crippen molar-refractivity contribution in [3.63, 3.8) is 0 Å². The molecule has 4 nitrogen and oxygen atoms in total. The van der Waals surface area contributed by atoms with Gasteiger partial charge < -0.3 is 10.6 Å². The lowest BCUT2D eigenvalue weighted by Crippen LogP contribution is -2.14. The summed E-state index contributed by atoms with van der Waals surface area (Å²) in [5.41, 5.74) is 2.09. The minimum atomic E-state index is 0.425. The molecule has 0 aliphatic carbocycles. The van der Waals surface area contributed by atoms with Crippen LogP contribution in [0.3, 0.4) is 0 Å². The predicted octanol–water partition coefficient (Wildman–Crippen LogP) is 2.64. The Morgan fingerprint density at radius 2 is 2.17 bits per heavy atom. The minimum Gasteiger partial charge on any atom is -0.339 e. The predicted molar refractivity (Wildman–Crippen MR) is 71.7 cm³/mol. The van der Waals surface area contributed by atoms with Gasteiger partial charge in [0.05, 0.1) is 17.6 Å². The molecule has 2 aromatic rings. The lowest BCUT2D eigenvalue weighted by molar-refractivity contribution is 0.628. The molecule has 0 amide bonds. The summed E-state index contributed by atoms with van der Waals surface area (Å²) in [6.45, 7) is 1.10. The smallest absolute Gasteiger partial charge is 0.130 e. The Labute approximate surface area is 106 Å². The second kappa shape index (κ2) is 5.14. The first-order valence-electron chi connectivity index (χ1n) is 6.29. The Morgan fingerprint density at radius 1 is 1.17 bits per heavy atom. The Bertz CT molecular complexity index is 489. The molecule has 1 saturated heterocycles. The van der Waals surface area contributed by atoms with E-state index < -0.39 is 0 Å². The molecule has 0 aromatic carbocycles. The highest BCUT2D eigenvalue weighted by Gasteiger charge is 2.16. The number of aromatic nitrogens is 2. The maximum Gasteiger partial charge on any atom is 0.130 e. The molecule has 0 radical (unpaired) electrons. The van der Waals surface area contributed by atoms with Crippen LogP contribution in [-0.2, 0) is 0 Å². The molecule has 0 saturated carbocycles. The highest BCUT2D eigenvalue weighted by atomic mass is 15.0. The van der Waals surface area contributed by atoms with E-state index in [4.69, 9.17) is 0 Å². The molecule has 0 bridgehead atoms. The Kier molecular flexibility index (Phi) is 3.19. The van der Waals surface area contributed by atoms with Gasteiger partial charge in [-0.1, -0.05) is 6.07 Å². The zero-order valence-corrected chi connectivity index (χ0v) is 10.1. The van der Waals surface area contributed by atoms with Crippen LogP contribution in [0.25, 0.3) is 0 Å². The fourth-order valence-corrected chi connectivity index (χ4v) is 2.21. The molecule has 3 heterocycles. The number of hydrogen-bond acceptors (Lipinski definition) is 4. The van der Waals surface area contributed by atoms with Crippen LogP contribution < -0.4 is 10.6 Å². The number of pyridine rings is 2. The molecule has 4 heteroatoms. The zero-order valence-electron chi connectivity index (χ0n) is 10.1. The number of anilines is 2. The topological polar surface area (TPSA) is 49.8 Å². The van der Waals surface area contributed by atoms with Crippen molar-refractivity contribution < 1.29 is 0 Å². The number of nitrogens with one attached hydrogen (secondary N) is 2. The van der Waals surface area contributed by atoms with E-state index in [0.29, 0.717) is 6.04 Å². The van der Waals surface area contributed by atoms with Crippen molar-refractivity contribution in [2.75, 3.05) is 11.9 Å². The quantitative estimate of drug-likeness (QED) is 0.866. The van der Waals surface area contributed by atoms with Gasteiger partial charge in [0, 0.05) is 12.2 Å². The summed E-state index contributed by atoms with van der Waals surface area (Å²) < 4.78 is 0. The average Bonchev–Trinajstić information content (AvgIpc) is 2.95. The average molecular weight is 240 g/mol. The molecule has 2 N–H and O–H groups in total. The molecule has 1 unspecified atom stereocenters. The molecule has 0 spiro atoms. The second-order valence-electron chi connectivity index (χ2n) is 4.46. The molecular weight excluding hydrogens is 224 g/mol. The molecule has 1 fully saturated rings. The zero-order chi connectivity index (χ0) is 12.2. The first kappa shape index (κ1) is 11.2. The first-order chi connectivity index (χ1) is 8.92. The van der Waals surface area contributed by atoms with Gasteiger partial charge in [-0.05, 0) is 43.7 Å². The van der Waals surface area contributed by atoms with Crippen LogP contribution in [0.5, 0.6) is 0 Å². The highest BCUT2D eigenvalue weighted by Crippen LogP contribution is 2.22. The third-order valence-electron chi connectivity index (χ3n) is 3.14. The monoisotopic (exact) mass is 240 g/mol. The molecule has 18 heavy (non-hydrogen) atoms. The van der Waals surface area contributed by atoms with Crippen molar-refractivity contribution in [2.45, 2.75) is 18.9 Å². The van der Waals surface area contributed by atoms with Crippen LogP contribution in [0, 0.1) is 0 Å². The normalized spacial score (nSPS) is 18.8. The van der Waals surface area contributed by atoms with Crippen molar-refractivity contribution in [1.29, 1.82) is 0 Å². The van der Waals surface area contributed by atoms with Gasteiger partial charge in [0.2, 0.25) is 0 Å². The molecule has 2 aromatic heterocycles. The van der Waals surface area contributed by atoms with Gasteiger partial charge in [-0.3, -0.25) is 4.98 Å². The minimum absolute atomic E-state index is 0.425. The van der Waals surface area contributed by atoms with Crippen LogP contribution in [0.2, 0.25) is 0 Å². The van der Waals surface area contributed by atoms with E-state index in [9.17, 15) is 0 Å². The van der Waals surface area contributed by atoms with Crippen molar-refractivity contribution in [2.24, 2.45) is 0 Å². The lowest BCUT2D eigenvalue weighted by atomic mass is 10.1. The van der Waals surface area contributed by atoms with E-state index in [-0.39, 0.29) is 0 Å². The molecule has 1 aliphatic rings. The van der Waals surface area contributed by atoms with E-state index in [0.717, 1.165) is 23.7 Å². The van der Waals surface area contributed by atoms with Gasteiger partial charge in [0.1, 0.15) is 5.82 Å². The van der Waals surface area contributed by atoms with Gasteiger partial charge in [0.25, 0.3) is 0 Å². The van der Waals surface area contributed by atoms with Gasteiger partial charge in [-0.25, -0.2) is 4.98 Å². The number of rotatable bonds is 3. The maximum atomic E-state index is 4.50. The third-order valence-corrected chi connectivity index (χ3v) is 3.14. The maximum absolute atomic E-state index is 4.50. The molecule has 92 valence electrons. The lowest BCUT2D eigenvalue weighted by Gasteiger charge is -2.10. The van der Waals surface area contributed by atoms with Crippen molar-refractivity contribution >= 4 is 11.5 Å². The SMILES string of the molecule is c1ccc(Nc2ccc(C3CCCN3)nc2)nc1. The van der Waals surface area contributed by atoms with Gasteiger partial charge >= 0.3 is 0 Å². The fraction of sp³-hybridized carbons (Fsp3) is 0.286. The highest BCUT2D eigenvalue weighted by molar-refractivity contribution is 5.54. The van der Waals surface area contributed by atoms with Gasteiger partial charge in [-0.15, -0.1) is 0 Å². The summed E-state index contributed by atoms with van der Waals surface area (Å²) in [5.74, 6) is 0.839. The first-order valence-corrected chi connectivity index (χ1v) is 6.29. The van der Waals surface area contributed by atoms with Crippen LogP contribution >= 0.6 is 0 Å². The van der Waals surface area contributed by atoms with E-state index in [1.54, 1.807) is 6.20 Å². The fourth-order valence-electron chi connectivity index (χ4n) is 2.21. The number of hydrogen-bond donors (Lipinski definition) is 2. The molecule has 1 atom stereocenters. The Hall–Kier alpha value is -1.94. The summed E-state index contributed by atoms with van der Waals surface area (Å²) in [4.78, 5) is 8.73. The third kappa shape index (κ3) is 2.49. The van der Waals surface area contributed by atoms with E-state index in [1.165, 1.54) is 12.8 Å². The molecule has 1 aliphatic heterocycles. The Balaban J connectivity index is 1.71. The van der Waals surface area contributed by atoms with E-state index >= 15 is 0 Å². The number of nitrogens with zero attached hydrogens (tertiary/aromatic N) is 2. The van der Waals surface area contributed by atoms with Gasteiger partial charge in [-0.2, -0.15) is 0 Å². The van der Waals surface area contributed by atoms with Crippen LogP contribution in [0.4, 0.5) is 11.5 Å². The van der Waals surface area contributed by atoms with Crippen LogP contribution in [-0.4, -0.2) is 16.5 Å². The second-order valence-corrected chi connectivity index (χ2v) is 4.46. The summed E-state index contributed by atoms with van der Waals surface area (Å²) >= 11 is 0.